The van der Waals surface area contributed by atoms with Crippen LogP contribution in [0, 0.1) is 6.92 Å². The Hall–Kier alpha value is -1.63. The van der Waals surface area contributed by atoms with E-state index in [1.807, 2.05) is 13.8 Å². The number of thiazole rings is 1. The molecule has 0 aliphatic heterocycles. The highest BCUT2D eigenvalue weighted by atomic mass is 32.1. The minimum Gasteiger partial charge on any atom is -0.481 e. The molecule has 7 heteroatoms. The number of nitrogens with one attached hydrogen (secondary N) is 2. The molecule has 0 fully saturated rings. The van der Waals surface area contributed by atoms with E-state index in [0.717, 1.165) is 10.6 Å². The molecule has 0 saturated heterocycles. The number of carbonyl (C=O) groups is 2. The van der Waals surface area contributed by atoms with Gasteiger partial charge in [-0.15, -0.1) is 11.3 Å². The predicted octanol–water partition coefficient (Wildman–Crippen LogP) is 1.50. The summed E-state index contributed by atoms with van der Waals surface area (Å²) in [6.07, 6.45) is 0.517. The van der Waals surface area contributed by atoms with E-state index in [-0.39, 0.29) is 18.5 Å². The van der Waals surface area contributed by atoms with Crippen LogP contribution >= 0.6 is 11.3 Å². The summed E-state index contributed by atoms with van der Waals surface area (Å²) in [4.78, 5) is 27.2. The molecule has 0 aliphatic rings. The van der Waals surface area contributed by atoms with Gasteiger partial charge in [0, 0.05) is 10.9 Å². The van der Waals surface area contributed by atoms with E-state index < -0.39 is 5.97 Å². The Morgan fingerprint density at radius 3 is 2.78 bits per heavy atom. The van der Waals surface area contributed by atoms with Crippen LogP contribution in [0.3, 0.4) is 0 Å². The van der Waals surface area contributed by atoms with Crippen LogP contribution in [0.4, 0.5) is 4.79 Å². The molecular formula is C11H17N3O3S. The Morgan fingerprint density at radius 2 is 2.28 bits per heavy atom. The van der Waals surface area contributed by atoms with Crippen LogP contribution < -0.4 is 10.6 Å². The molecule has 3 N–H and O–H groups in total. The van der Waals surface area contributed by atoms with Crippen molar-refractivity contribution in [1.82, 2.24) is 15.6 Å². The Morgan fingerprint density at radius 1 is 1.56 bits per heavy atom. The molecular weight excluding hydrogens is 254 g/mol. The number of urea groups is 1. The van der Waals surface area contributed by atoms with Gasteiger partial charge < -0.3 is 15.7 Å². The number of amides is 2. The van der Waals surface area contributed by atoms with Gasteiger partial charge in [0.05, 0.1) is 24.2 Å². The maximum Gasteiger partial charge on any atom is 0.315 e. The van der Waals surface area contributed by atoms with Crippen LogP contribution in [0.5, 0.6) is 0 Å². The number of hydrogen-bond acceptors (Lipinski definition) is 4. The first-order chi connectivity index (χ1) is 8.52. The number of rotatable bonds is 6. The lowest BCUT2D eigenvalue weighted by Gasteiger charge is -2.15. The van der Waals surface area contributed by atoms with Gasteiger partial charge in [0.15, 0.2) is 0 Å². The van der Waals surface area contributed by atoms with Gasteiger partial charge in [-0.1, -0.05) is 6.92 Å². The molecule has 1 atom stereocenters. The zero-order valence-corrected chi connectivity index (χ0v) is 11.2. The number of hydrogen-bond donors (Lipinski definition) is 3. The maximum absolute atomic E-state index is 11.6. The van der Waals surface area contributed by atoms with Crippen LogP contribution in [0.15, 0.2) is 5.51 Å². The molecule has 1 rings (SSSR count). The number of carboxylic acid groups (broad SMARTS) is 1. The van der Waals surface area contributed by atoms with Crippen molar-refractivity contribution in [3.05, 3.63) is 16.1 Å². The van der Waals surface area contributed by atoms with Crippen LogP contribution in [0.25, 0.3) is 0 Å². The van der Waals surface area contributed by atoms with Gasteiger partial charge in [0.25, 0.3) is 0 Å². The van der Waals surface area contributed by atoms with Crippen molar-refractivity contribution < 1.29 is 14.7 Å². The molecule has 1 aromatic heterocycles. The standard InChI is InChI=1S/C11H17N3O3S/c1-3-8(4-10(15)16)14-11(17)12-5-9-7(2)13-6-18-9/h6,8H,3-5H2,1-2H3,(H,15,16)(H2,12,14,17). The molecule has 0 saturated carbocycles. The number of nitrogens with zero attached hydrogens (tertiary/aromatic N) is 1. The summed E-state index contributed by atoms with van der Waals surface area (Å²) < 4.78 is 0. The summed E-state index contributed by atoms with van der Waals surface area (Å²) >= 11 is 1.48. The van der Waals surface area contributed by atoms with Gasteiger partial charge >= 0.3 is 12.0 Å². The average molecular weight is 271 g/mol. The van der Waals surface area contributed by atoms with E-state index in [0.29, 0.717) is 13.0 Å². The smallest absolute Gasteiger partial charge is 0.315 e. The van der Waals surface area contributed by atoms with Crippen molar-refractivity contribution in [1.29, 1.82) is 0 Å². The molecule has 1 heterocycles. The van der Waals surface area contributed by atoms with E-state index >= 15 is 0 Å². The third-order valence-corrected chi connectivity index (χ3v) is 3.44. The first-order valence-electron chi connectivity index (χ1n) is 5.68. The van der Waals surface area contributed by atoms with E-state index in [1.54, 1.807) is 5.51 Å². The van der Waals surface area contributed by atoms with E-state index in [9.17, 15) is 9.59 Å². The van der Waals surface area contributed by atoms with Crippen LogP contribution in [-0.4, -0.2) is 28.1 Å². The molecule has 0 bridgehead atoms. The Labute approximate surface area is 109 Å². The third-order valence-electron chi connectivity index (χ3n) is 2.50. The Kier molecular flexibility index (Phi) is 5.57. The molecule has 1 aromatic rings. The first-order valence-corrected chi connectivity index (χ1v) is 6.56. The van der Waals surface area contributed by atoms with Crippen LogP contribution in [-0.2, 0) is 11.3 Å². The summed E-state index contributed by atoms with van der Waals surface area (Å²) in [5.41, 5.74) is 2.63. The Balaban J connectivity index is 2.37. The lowest BCUT2D eigenvalue weighted by Crippen LogP contribution is -2.42. The molecule has 0 spiro atoms. The normalized spacial score (nSPS) is 11.9. The fraction of sp³-hybridized carbons (Fsp3) is 0.545. The van der Waals surface area contributed by atoms with Gasteiger partial charge in [-0.2, -0.15) is 0 Å². The third kappa shape index (κ3) is 4.70. The SMILES string of the molecule is CCC(CC(=O)O)NC(=O)NCc1scnc1C. The second kappa shape index (κ2) is 6.95. The number of aromatic nitrogens is 1. The molecule has 0 radical (unpaired) electrons. The summed E-state index contributed by atoms with van der Waals surface area (Å²) in [7, 11) is 0. The van der Waals surface area contributed by atoms with Gasteiger partial charge in [-0.25, -0.2) is 9.78 Å². The molecule has 0 aromatic carbocycles. The Bertz CT molecular complexity index is 419. The summed E-state index contributed by atoms with van der Waals surface area (Å²) in [5, 5.41) is 14.0. The van der Waals surface area contributed by atoms with Crippen molar-refractivity contribution in [3.63, 3.8) is 0 Å². The minimum atomic E-state index is -0.916. The zero-order chi connectivity index (χ0) is 13.5. The molecule has 2 amide bonds. The van der Waals surface area contributed by atoms with Crippen molar-refractivity contribution in [2.24, 2.45) is 0 Å². The predicted molar refractivity (Wildman–Crippen MR) is 68.6 cm³/mol. The van der Waals surface area contributed by atoms with E-state index in [1.165, 1.54) is 11.3 Å². The number of carboxylic acids is 1. The highest BCUT2D eigenvalue weighted by Gasteiger charge is 2.14. The lowest BCUT2D eigenvalue weighted by atomic mass is 10.1. The van der Waals surface area contributed by atoms with E-state index in [2.05, 4.69) is 15.6 Å². The number of aryl methyl sites for hydroxylation is 1. The van der Waals surface area contributed by atoms with Gasteiger partial charge in [-0.05, 0) is 13.3 Å². The zero-order valence-electron chi connectivity index (χ0n) is 10.4. The van der Waals surface area contributed by atoms with Gasteiger partial charge in [-0.3, -0.25) is 4.79 Å². The fourth-order valence-electron chi connectivity index (χ4n) is 1.40. The molecule has 6 nitrogen and oxygen atoms in total. The largest absolute Gasteiger partial charge is 0.481 e. The van der Waals surface area contributed by atoms with Crippen molar-refractivity contribution in [3.8, 4) is 0 Å². The summed E-state index contributed by atoms with van der Waals surface area (Å²) in [6.45, 7) is 4.12. The summed E-state index contributed by atoms with van der Waals surface area (Å²) in [6, 6.07) is -0.694. The van der Waals surface area contributed by atoms with Crippen LogP contribution in [0.1, 0.15) is 30.3 Å². The molecule has 18 heavy (non-hydrogen) atoms. The highest BCUT2D eigenvalue weighted by molar-refractivity contribution is 7.09. The molecule has 0 aliphatic carbocycles. The fourth-order valence-corrected chi connectivity index (χ4v) is 2.12. The van der Waals surface area contributed by atoms with Gasteiger partial charge in [0.1, 0.15) is 0 Å². The van der Waals surface area contributed by atoms with E-state index in [4.69, 9.17) is 5.11 Å². The average Bonchev–Trinajstić information content (AvgIpc) is 2.70. The lowest BCUT2D eigenvalue weighted by molar-refractivity contribution is -0.137. The maximum atomic E-state index is 11.6. The molecule has 100 valence electrons. The topological polar surface area (TPSA) is 91.3 Å². The minimum absolute atomic E-state index is 0.0660. The van der Waals surface area contributed by atoms with Gasteiger partial charge in [0.2, 0.25) is 0 Å². The van der Waals surface area contributed by atoms with Crippen LogP contribution in [0.2, 0.25) is 0 Å². The first kappa shape index (κ1) is 14.4. The monoisotopic (exact) mass is 271 g/mol. The highest BCUT2D eigenvalue weighted by Crippen LogP contribution is 2.11. The second-order valence-electron chi connectivity index (χ2n) is 3.89. The second-order valence-corrected chi connectivity index (χ2v) is 4.83. The van der Waals surface area contributed by atoms with Crippen molar-refractivity contribution >= 4 is 23.3 Å². The quantitative estimate of drug-likeness (QED) is 0.731. The van der Waals surface area contributed by atoms with Crippen molar-refractivity contribution in [2.45, 2.75) is 39.3 Å². The number of carbonyl (C=O) groups excluding carboxylic acids is 1. The number of aliphatic carboxylic acids is 1. The summed E-state index contributed by atoms with van der Waals surface area (Å²) in [5.74, 6) is -0.916. The molecule has 1 unspecified atom stereocenters. The van der Waals surface area contributed by atoms with Crippen molar-refractivity contribution in [2.75, 3.05) is 0 Å².